The van der Waals surface area contributed by atoms with Gasteiger partial charge in [-0.25, -0.2) is 0 Å². The predicted molar refractivity (Wildman–Crippen MR) is 78.7 cm³/mol. The summed E-state index contributed by atoms with van der Waals surface area (Å²) >= 11 is 0. The zero-order valence-electron chi connectivity index (χ0n) is 12.0. The van der Waals surface area contributed by atoms with Crippen molar-refractivity contribution in [3.8, 4) is 0 Å². The Morgan fingerprint density at radius 2 is 1.94 bits per heavy atom. The molecule has 0 heterocycles. The van der Waals surface area contributed by atoms with Crippen molar-refractivity contribution in [3.63, 3.8) is 0 Å². The van der Waals surface area contributed by atoms with Crippen molar-refractivity contribution in [3.05, 3.63) is 0 Å². The molecule has 0 radical (unpaired) electrons. The number of rotatable bonds is 5. The third kappa shape index (κ3) is 6.64. The van der Waals surface area contributed by atoms with E-state index in [1.165, 1.54) is 32.2 Å². The lowest BCUT2D eigenvalue weighted by Crippen LogP contribution is -2.39. The summed E-state index contributed by atoms with van der Waals surface area (Å²) in [5.74, 6) is 1.86. The summed E-state index contributed by atoms with van der Waals surface area (Å²) in [6.45, 7) is 10.1. The minimum Gasteiger partial charge on any atom is -0.330 e. The van der Waals surface area contributed by atoms with Gasteiger partial charge in [0.25, 0.3) is 0 Å². The van der Waals surface area contributed by atoms with Gasteiger partial charge in [0.05, 0.1) is 0 Å². The average molecular weight is 263 g/mol. The zero-order chi connectivity index (χ0) is 12.2. The predicted octanol–water partition coefficient (Wildman–Crippen LogP) is 3.15. The van der Waals surface area contributed by atoms with E-state index in [1.807, 2.05) is 0 Å². The van der Waals surface area contributed by atoms with Gasteiger partial charge in [-0.1, -0.05) is 33.6 Å². The molecule has 0 aromatic heterocycles. The molecule has 0 aromatic carbocycles. The van der Waals surface area contributed by atoms with Gasteiger partial charge < -0.3 is 10.6 Å². The maximum atomic E-state index is 5.78. The first kappa shape index (κ1) is 17.2. The van der Waals surface area contributed by atoms with E-state index in [9.17, 15) is 0 Å². The molecule has 1 aliphatic rings. The second kappa shape index (κ2) is 7.60. The topological polar surface area (TPSA) is 29.3 Å². The average Bonchev–Trinajstić information content (AvgIpc) is 2.16. The summed E-state index contributed by atoms with van der Waals surface area (Å²) in [6.07, 6.45) is 5.72. The van der Waals surface area contributed by atoms with Crippen LogP contribution in [0.15, 0.2) is 0 Å². The third-order valence-corrected chi connectivity index (χ3v) is 3.87. The molecule has 2 N–H and O–H groups in total. The van der Waals surface area contributed by atoms with Gasteiger partial charge in [0, 0.05) is 13.1 Å². The van der Waals surface area contributed by atoms with Crippen LogP contribution < -0.4 is 5.73 Å². The first-order valence-corrected chi connectivity index (χ1v) is 6.81. The second-order valence-electron chi connectivity index (χ2n) is 6.70. The van der Waals surface area contributed by atoms with Crippen molar-refractivity contribution in [2.24, 2.45) is 23.0 Å². The summed E-state index contributed by atoms with van der Waals surface area (Å²) in [5.41, 5.74) is 6.04. The van der Waals surface area contributed by atoms with E-state index < -0.39 is 0 Å². The fraction of sp³-hybridized carbons (Fsp3) is 1.00. The molecule has 0 spiro atoms. The fourth-order valence-corrected chi connectivity index (χ4v) is 3.03. The molecule has 2 nitrogen and oxygen atoms in total. The smallest absolute Gasteiger partial charge is 0.00418 e. The SMILES string of the molecule is CC1CCCC(CN(C)CC(C)(C)CN)C1.Cl. The molecule has 2 unspecified atom stereocenters. The van der Waals surface area contributed by atoms with Crippen LogP contribution in [0.25, 0.3) is 0 Å². The van der Waals surface area contributed by atoms with Gasteiger partial charge in [0.2, 0.25) is 0 Å². The summed E-state index contributed by atoms with van der Waals surface area (Å²) < 4.78 is 0. The van der Waals surface area contributed by atoms with E-state index in [4.69, 9.17) is 5.73 Å². The molecule has 1 aliphatic carbocycles. The molecule has 104 valence electrons. The van der Waals surface area contributed by atoms with Crippen LogP contribution in [0.1, 0.15) is 46.5 Å². The van der Waals surface area contributed by atoms with Gasteiger partial charge in [-0.3, -0.25) is 0 Å². The van der Waals surface area contributed by atoms with Gasteiger partial charge in [-0.2, -0.15) is 0 Å². The Labute approximate surface area is 114 Å². The molecular weight excluding hydrogens is 232 g/mol. The van der Waals surface area contributed by atoms with Crippen LogP contribution in [-0.4, -0.2) is 31.6 Å². The van der Waals surface area contributed by atoms with Gasteiger partial charge >= 0.3 is 0 Å². The monoisotopic (exact) mass is 262 g/mol. The van der Waals surface area contributed by atoms with E-state index in [1.54, 1.807) is 0 Å². The summed E-state index contributed by atoms with van der Waals surface area (Å²) in [5, 5.41) is 0. The van der Waals surface area contributed by atoms with Gasteiger partial charge in [0.15, 0.2) is 0 Å². The molecule has 1 fully saturated rings. The van der Waals surface area contributed by atoms with Crippen LogP contribution in [0.4, 0.5) is 0 Å². The van der Waals surface area contributed by atoms with Gasteiger partial charge in [-0.05, 0) is 43.7 Å². The van der Waals surface area contributed by atoms with Crippen LogP contribution in [0.3, 0.4) is 0 Å². The van der Waals surface area contributed by atoms with Crippen molar-refractivity contribution in [2.45, 2.75) is 46.5 Å². The van der Waals surface area contributed by atoms with Crippen LogP contribution >= 0.6 is 12.4 Å². The number of nitrogens with zero attached hydrogens (tertiary/aromatic N) is 1. The molecule has 1 saturated carbocycles. The molecule has 0 aliphatic heterocycles. The van der Waals surface area contributed by atoms with Crippen molar-refractivity contribution < 1.29 is 0 Å². The summed E-state index contributed by atoms with van der Waals surface area (Å²) in [4.78, 5) is 2.48. The minimum absolute atomic E-state index is 0. The second-order valence-corrected chi connectivity index (χ2v) is 6.70. The van der Waals surface area contributed by atoms with E-state index >= 15 is 0 Å². The van der Waals surface area contributed by atoms with Crippen LogP contribution in [0, 0.1) is 17.3 Å². The number of nitrogens with two attached hydrogens (primary N) is 1. The highest BCUT2D eigenvalue weighted by atomic mass is 35.5. The Hall–Kier alpha value is 0.210. The lowest BCUT2D eigenvalue weighted by atomic mass is 9.82. The third-order valence-electron chi connectivity index (χ3n) is 3.87. The Kier molecular flexibility index (Phi) is 7.70. The molecular formula is C14H31ClN2. The van der Waals surface area contributed by atoms with E-state index in [0.717, 1.165) is 24.9 Å². The Bertz CT molecular complexity index is 206. The largest absolute Gasteiger partial charge is 0.330 e. The molecule has 3 heteroatoms. The molecule has 0 bridgehead atoms. The first-order valence-electron chi connectivity index (χ1n) is 6.81. The highest BCUT2D eigenvalue weighted by Crippen LogP contribution is 2.29. The number of hydrogen-bond acceptors (Lipinski definition) is 2. The minimum atomic E-state index is 0. The highest BCUT2D eigenvalue weighted by Gasteiger charge is 2.23. The Morgan fingerprint density at radius 3 is 2.47 bits per heavy atom. The van der Waals surface area contributed by atoms with Crippen molar-refractivity contribution in [1.82, 2.24) is 4.90 Å². The normalized spacial score (nSPS) is 25.8. The Morgan fingerprint density at radius 1 is 1.29 bits per heavy atom. The highest BCUT2D eigenvalue weighted by molar-refractivity contribution is 5.85. The lowest BCUT2D eigenvalue weighted by Gasteiger charge is -2.34. The standard InChI is InChI=1S/C14H30N2.ClH/c1-12-6-5-7-13(8-12)9-16(4)11-14(2,3)10-15;/h12-13H,5-11,15H2,1-4H3;1H. The maximum absolute atomic E-state index is 5.78. The lowest BCUT2D eigenvalue weighted by molar-refractivity contribution is 0.160. The van der Waals surface area contributed by atoms with E-state index in [0.29, 0.717) is 0 Å². The van der Waals surface area contributed by atoms with Crippen LogP contribution in [0.2, 0.25) is 0 Å². The molecule has 0 aromatic rings. The van der Waals surface area contributed by atoms with Crippen LogP contribution in [-0.2, 0) is 0 Å². The molecule has 0 amide bonds. The Balaban J connectivity index is 0.00000256. The zero-order valence-corrected chi connectivity index (χ0v) is 12.9. The summed E-state index contributed by atoms with van der Waals surface area (Å²) in [6, 6.07) is 0. The van der Waals surface area contributed by atoms with Crippen LogP contribution in [0.5, 0.6) is 0 Å². The number of hydrogen-bond donors (Lipinski definition) is 1. The van der Waals surface area contributed by atoms with Crippen molar-refractivity contribution in [2.75, 3.05) is 26.7 Å². The first-order chi connectivity index (χ1) is 7.43. The molecule has 2 atom stereocenters. The van der Waals surface area contributed by atoms with Crippen molar-refractivity contribution >= 4 is 12.4 Å². The quantitative estimate of drug-likeness (QED) is 0.825. The maximum Gasteiger partial charge on any atom is 0.00418 e. The molecule has 17 heavy (non-hydrogen) atoms. The fourth-order valence-electron chi connectivity index (χ4n) is 3.03. The summed E-state index contributed by atoms with van der Waals surface area (Å²) in [7, 11) is 2.25. The van der Waals surface area contributed by atoms with E-state index in [-0.39, 0.29) is 17.8 Å². The molecule has 1 rings (SSSR count). The van der Waals surface area contributed by atoms with Crippen molar-refractivity contribution in [1.29, 1.82) is 0 Å². The number of halogens is 1. The van der Waals surface area contributed by atoms with E-state index in [2.05, 4.69) is 32.7 Å². The molecule has 0 saturated heterocycles. The van der Waals surface area contributed by atoms with Gasteiger partial charge in [0.1, 0.15) is 0 Å². The van der Waals surface area contributed by atoms with Gasteiger partial charge in [-0.15, -0.1) is 12.4 Å².